The second kappa shape index (κ2) is 7.60. The molecular weight excluding hydrogens is 148 g/mol. The van der Waals surface area contributed by atoms with Gasteiger partial charge in [0.15, 0.2) is 0 Å². The molecule has 1 nitrogen and oxygen atoms in total. The summed E-state index contributed by atoms with van der Waals surface area (Å²) < 4.78 is 0. The van der Waals surface area contributed by atoms with Crippen LogP contribution in [0, 0.1) is 11.8 Å². The highest BCUT2D eigenvalue weighted by Gasteiger charge is 2.02. The minimum atomic E-state index is 0.356. The zero-order chi connectivity index (χ0) is 9.40. The molecule has 0 heterocycles. The average Bonchev–Trinajstić information content (AvgIpc) is 2.00. The highest BCUT2D eigenvalue weighted by Crippen LogP contribution is 2.15. The highest BCUT2D eigenvalue weighted by atomic mass is 16.2. The van der Waals surface area contributed by atoms with Gasteiger partial charge in [-0.15, -0.1) is 0 Å². The van der Waals surface area contributed by atoms with Gasteiger partial charge < -0.3 is 5.11 Å². The van der Waals surface area contributed by atoms with Crippen LogP contribution in [0.2, 0.25) is 0 Å². The molecule has 0 spiro atoms. The molecule has 0 aromatic heterocycles. The second-order valence-electron chi connectivity index (χ2n) is 4.30. The van der Waals surface area contributed by atoms with E-state index in [1.165, 1.54) is 25.7 Å². The van der Waals surface area contributed by atoms with Crippen molar-refractivity contribution in [1.29, 1.82) is 0 Å². The molecule has 0 radical (unpaired) electrons. The van der Waals surface area contributed by atoms with Crippen molar-refractivity contribution in [2.24, 2.45) is 11.8 Å². The van der Waals surface area contributed by atoms with E-state index < -0.39 is 0 Å². The highest BCUT2D eigenvalue weighted by molar-refractivity contribution is 4.55. The Hall–Kier alpha value is -0.0400. The third-order valence-electron chi connectivity index (χ3n) is 2.33. The second-order valence-corrected chi connectivity index (χ2v) is 4.30. The minimum absolute atomic E-state index is 0.356. The maximum Gasteiger partial charge on any atom is 0.0431 e. The smallest absolute Gasteiger partial charge is 0.0431 e. The average molecular weight is 172 g/mol. The molecule has 0 saturated carbocycles. The first-order chi connectivity index (χ1) is 5.66. The van der Waals surface area contributed by atoms with E-state index in [-0.39, 0.29) is 0 Å². The zero-order valence-corrected chi connectivity index (χ0v) is 8.84. The van der Waals surface area contributed by atoms with Crippen LogP contribution in [-0.2, 0) is 0 Å². The van der Waals surface area contributed by atoms with Crippen LogP contribution < -0.4 is 0 Å². The van der Waals surface area contributed by atoms with Gasteiger partial charge in [-0.2, -0.15) is 0 Å². The maximum atomic E-state index is 8.63. The summed E-state index contributed by atoms with van der Waals surface area (Å²) in [5.41, 5.74) is 0. The first-order valence-electron chi connectivity index (χ1n) is 5.27. The maximum absolute atomic E-state index is 8.63. The van der Waals surface area contributed by atoms with Gasteiger partial charge in [-0.05, 0) is 24.7 Å². The van der Waals surface area contributed by atoms with Crippen molar-refractivity contribution < 1.29 is 5.11 Å². The van der Waals surface area contributed by atoms with Crippen molar-refractivity contribution in [3.05, 3.63) is 0 Å². The minimum Gasteiger partial charge on any atom is -0.396 e. The molecule has 0 bridgehead atoms. The van der Waals surface area contributed by atoms with Gasteiger partial charge in [0.1, 0.15) is 0 Å². The van der Waals surface area contributed by atoms with Crippen molar-refractivity contribution in [1.82, 2.24) is 0 Å². The van der Waals surface area contributed by atoms with Gasteiger partial charge in [-0.3, -0.25) is 0 Å². The largest absolute Gasteiger partial charge is 0.396 e. The van der Waals surface area contributed by atoms with E-state index in [9.17, 15) is 0 Å². The SMILES string of the molecule is CC(C)CCCC(C)CCCO. The lowest BCUT2D eigenvalue weighted by molar-refractivity contribution is 0.270. The normalized spacial score (nSPS) is 13.8. The third kappa shape index (κ3) is 8.06. The molecule has 1 N–H and O–H groups in total. The van der Waals surface area contributed by atoms with Crippen LogP contribution in [-0.4, -0.2) is 11.7 Å². The summed E-state index contributed by atoms with van der Waals surface area (Å²) >= 11 is 0. The quantitative estimate of drug-likeness (QED) is 0.625. The van der Waals surface area contributed by atoms with Crippen LogP contribution in [0.15, 0.2) is 0 Å². The summed E-state index contributed by atoms with van der Waals surface area (Å²) in [6.45, 7) is 7.20. The lowest BCUT2D eigenvalue weighted by atomic mass is 9.96. The fraction of sp³-hybridized carbons (Fsp3) is 1.00. The fourth-order valence-electron chi connectivity index (χ4n) is 1.46. The lowest BCUT2D eigenvalue weighted by Crippen LogP contribution is -1.98. The standard InChI is InChI=1S/C11H24O/c1-10(2)6-4-7-11(3)8-5-9-12/h10-12H,4-9H2,1-3H3. The van der Waals surface area contributed by atoms with E-state index in [1.54, 1.807) is 0 Å². The molecule has 1 unspecified atom stereocenters. The summed E-state index contributed by atoms with van der Waals surface area (Å²) in [6, 6.07) is 0. The summed E-state index contributed by atoms with van der Waals surface area (Å²) in [4.78, 5) is 0. The molecule has 0 aliphatic heterocycles. The van der Waals surface area contributed by atoms with Crippen LogP contribution in [0.3, 0.4) is 0 Å². The van der Waals surface area contributed by atoms with Gasteiger partial charge >= 0.3 is 0 Å². The third-order valence-corrected chi connectivity index (χ3v) is 2.33. The van der Waals surface area contributed by atoms with Crippen molar-refractivity contribution in [3.63, 3.8) is 0 Å². The van der Waals surface area contributed by atoms with E-state index in [0.717, 1.165) is 18.3 Å². The molecule has 0 aliphatic carbocycles. The van der Waals surface area contributed by atoms with Crippen LogP contribution in [0.25, 0.3) is 0 Å². The predicted molar refractivity (Wildman–Crippen MR) is 54.2 cm³/mol. The molecular formula is C11H24O. The molecule has 0 saturated heterocycles. The Morgan fingerprint density at radius 3 is 2.00 bits per heavy atom. The Morgan fingerprint density at radius 2 is 1.50 bits per heavy atom. The summed E-state index contributed by atoms with van der Waals surface area (Å²) in [6.07, 6.45) is 6.20. The Kier molecular flexibility index (Phi) is 7.58. The van der Waals surface area contributed by atoms with Crippen LogP contribution in [0.4, 0.5) is 0 Å². The van der Waals surface area contributed by atoms with Crippen LogP contribution in [0.1, 0.15) is 52.9 Å². The number of aliphatic hydroxyl groups is 1. The first-order valence-corrected chi connectivity index (χ1v) is 5.27. The molecule has 0 fully saturated rings. The molecule has 1 atom stereocenters. The monoisotopic (exact) mass is 172 g/mol. The van der Waals surface area contributed by atoms with E-state index in [0.29, 0.717) is 6.61 Å². The molecule has 0 aromatic carbocycles. The zero-order valence-electron chi connectivity index (χ0n) is 8.84. The fourth-order valence-corrected chi connectivity index (χ4v) is 1.46. The summed E-state index contributed by atoms with van der Waals surface area (Å²) in [5, 5.41) is 8.63. The van der Waals surface area contributed by atoms with Gasteiger partial charge in [0.2, 0.25) is 0 Å². The van der Waals surface area contributed by atoms with Gasteiger partial charge in [-0.1, -0.05) is 40.0 Å². The Labute approximate surface area is 77.2 Å². The van der Waals surface area contributed by atoms with Crippen molar-refractivity contribution >= 4 is 0 Å². The molecule has 0 amide bonds. The number of aliphatic hydroxyl groups excluding tert-OH is 1. The van der Waals surface area contributed by atoms with Crippen LogP contribution in [0.5, 0.6) is 0 Å². The van der Waals surface area contributed by atoms with E-state index in [4.69, 9.17) is 5.11 Å². The topological polar surface area (TPSA) is 20.2 Å². The Balaban J connectivity index is 3.13. The van der Waals surface area contributed by atoms with Gasteiger partial charge in [0.05, 0.1) is 0 Å². The lowest BCUT2D eigenvalue weighted by Gasteiger charge is -2.10. The Morgan fingerprint density at radius 1 is 0.917 bits per heavy atom. The molecule has 0 rings (SSSR count). The predicted octanol–water partition coefficient (Wildman–Crippen LogP) is 3.22. The van der Waals surface area contributed by atoms with Gasteiger partial charge in [0, 0.05) is 6.61 Å². The van der Waals surface area contributed by atoms with E-state index >= 15 is 0 Å². The van der Waals surface area contributed by atoms with E-state index in [1.807, 2.05) is 0 Å². The van der Waals surface area contributed by atoms with E-state index in [2.05, 4.69) is 20.8 Å². The van der Waals surface area contributed by atoms with Crippen LogP contribution >= 0.6 is 0 Å². The molecule has 12 heavy (non-hydrogen) atoms. The Bertz CT molecular complexity index is 89.0. The first kappa shape index (κ1) is 12.0. The molecule has 1 heteroatoms. The molecule has 0 aliphatic rings. The summed E-state index contributed by atoms with van der Waals surface area (Å²) in [7, 11) is 0. The summed E-state index contributed by atoms with van der Waals surface area (Å²) in [5.74, 6) is 1.64. The molecule has 74 valence electrons. The van der Waals surface area contributed by atoms with Gasteiger partial charge in [0.25, 0.3) is 0 Å². The number of hydrogen-bond acceptors (Lipinski definition) is 1. The van der Waals surface area contributed by atoms with Gasteiger partial charge in [-0.25, -0.2) is 0 Å². The molecule has 0 aromatic rings. The van der Waals surface area contributed by atoms with Crippen molar-refractivity contribution in [2.45, 2.75) is 52.9 Å². The number of hydrogen-bond donors (Lipinski definition) is 1. The number of rotatable bonds is 7. The van der Waals surface area contributed by atoms with Crippen molar-refractivity contribution in [3.8, 4) is 0 Å². The van der Waals surface area contributed by atoms with Crippen molar-refractivity contribution in [2.75, 3.05) is 6.61 Å².